The summed E-state index contributed by atoms with van der Waals surface area (Å²) < 4.78 is 39.6. The zero-order chi connectivity index (χ0) is 16.9. The number of piperazine rings is 1. The fourth-order valence-corrected chi connectivity index (χ4v) is 2.54. The first-order chi connectivity index (χ1) is 10.9. The lowest BCUT2D eigenvalue weighted by molar-refractivity contribution is -0.184. The van der Waals surface area contributed by atoms with E-state index in [1.807, 2.05) is 0 Å². The molecule has 1 aliphatic rings. The second-order valence-corrected chi connectivity index (χ2v) is 5.57. The smallest absolute Gasteiger partial charge is 0.399 e. The highest BCUT2D eigenvalue weighted by Crippen LogP contribution is 2.24. The van der Waals surface area contributed by atoms with Gasteiger partial charge in [-0.3, -0.25) is 9.69 Å². The third kappa shape index (κ3) is 5.40. The molecule has 1 heterocycles. The number of hydrogen-bond donors (Lipinski definition) is 3. The van der Waals surface area contributed by atoms with Gasteiger partial charge in [-0.05, 0) is 17.7 Å². The topological polar surface area (TPSA) is 70.4 Å². The maximum atomic E-state index is 13.2. The number of carbonyl (C=O) groups excluding carboxylic acids is 1. The highest BCUT2D eigenvalue weighted by atomic mass is 19.4. The Bertz CT molecular complexity index is 512. The minimum atomic E-state index is -4.37. The Labute approximate surface area is 133 Å². The van der Waals surface area contributed by atoms with E-state index < -0.39 is 24.7 Å². The number of carbonyl (C=O) groups is 1. The van der Waals surface area contributed by atoms with Crippen molar-refractivity contribution >= 4 is 11.6 Å². The molecule has 5 nitrogen and oxygen atoms in total. The van der Waals surface area contributed by atoms with Crippen molar-refractivity contribution in [3.63, 3.8) is 0 Å². The van der Waals surface area contributed by atoms with Gasteiger partial charge >= 0.3 is 6.18 Å². The highest BCUT2D eigenvalue weighted by molar-refractivity contribution is 5.78. The first kappa shape index (κ1) is 17.6. The molecule has 1 aliphatic heterocycles. The van der Waals surface area contributed by atoms with Gasteiger partial charge in [0.1, 0.15) is 6.04 Å². The number of nitrogens with one attached hydrogen (secondary N) is 2. The van der Waals surface area contributed by atoms with Gasteiger partial charge in [0, 0.05) is 38.4 Å². The van der Waals surface area contributed by atoms with E-state index in [9.17, 15) is 18.0 Å². The summed E-state index contributed by atoms with van der Waals surface area (Å²) in [5.41, 5.74) is 6.83. The lowest BCUT2D eigenvalue weighted by Crippen LogP contribution is -2.57. The summed E-state index contributed by atoms with van der Waals surface area (Å²) >= 11 is 0. The lowest BCUT2D eigenvalue weighted by atomic mass is 10.1. The summed E-state index contributed by atoms with van der Waals surface area (Å²) in [7, 11) is 0. The fraction of sp³-hybridized carbons (Fsp3) is 0.533. The maximum Gasteiger partial charge on any atom is 0.405 e. The van der Waals surface area contributed by atoms with E-state index in [-0.39, 0.29) is 6.42 Å². The van der Waals surface area contributed by atoms with Crippen LogP contribution in [0, 0.1) is 0 Å². The molecular formula is C15H21F3N4O. The van der Waals surface area contributed by atoms with Crippen molar-refractivity contribution in [2.45, 2.75) is 18.6 Å². The van der Waals surface area contributed by atoms with Gasteiger partial charge in [0.15, 0.2) is 0 Å². The number of rotatable bonds is 5. The first-order valence-electron chi connectivity index (χ1n) is 7.49. The van der Waals surface area contributed by atoms with Crippen LogP contribution in [0.1, 0.15) is 5.56 Å². The second-order valence-electron chi connectivity index (χ2n) is 5.57. The van der Waals surface area contributed by atoms with Crippen molar-refractivity contribution in [1.82, 2.24) is 15.5 Å². The minimum absolute atomic E-state index is 0.0341. The summed E-state index contributed by atoms with van der Waals surface area (Å²) in [6.07, 6.45) is -4.34. The fourth-order valence-electron chi connectivity index (χ4n) is 2.54. The Hall–Kier alpha value is -1.80. The Kier molecular flexibility index (Phi) is 5.84. The van der Waals surface area contributed by atoms with Crippen molar-refractivity contribution in [3.8, 4) is 0 Å². The summed E-state index contributed by atoms with van der Waals surface area (Å²) in [6.45, 7) is 1.24. The highest BCUT2D eigenvalue weighted by Gasteiger charge is 2.43. The van der Waals surface area contributed by atoms with Crippen molar-refractivity contribution in [2.24, 2.45) is 0 Å². The molecule has 0 aromatic heterocycles. The number of anilines is 1. The van der Waals surface area contributed by atoms with E-state index in [0.717, 1.165) is 0 Å². The average Bonchev–Trinajstić information content (AvgIpc) is 2.49. The number of halogens is 3. The van der Waals surface area contributed by atoms with E-state index in [0.29, 0.717) is 37.4 Å². The van der Waals surface area contributed by atoms with Crippen LogP contribution in [0.3, 0.4) is 0 Å². The Balaban J connectivity index is 1.89. The van der Waals surface area contributed by atoms with Gasteiger partial charge in [-0.2, -0.15) is 13.2 Å². The molecule has 23 heavy (non-hydrogen) atoms. The molecule has 0 saturated carbocycles. The van der Waals surface area contributed by atoms with E-state index in [1.165, 1.54) is 4.90 Å². The molecule has 1 unspecified atom stereocenters. The third-order valence-electron chi connectivity index (χ3n) is 3.81. The molecule has 8 heteroatoms. The molecular weight excluding hydrogens is 309 g/mol. The molecule has 1 amide bonds. The van der Waals surface area contributed by atoms with Crippen LogP contribution < -0.4 is 16.4 Å². The number of nitrogens with zero attached hydrogens (tertiary/aromatic N) is 1. The summed E-state index contributed by atoms with van der Waals surface area (Å²) in [6, 6.07) is 5.03. The summed E-state index contributed by atoms with van der Waals surface area (Å²) in [4.78, 5) is 13.2. The van der Waals surface area contributed by atoms with Crippen molar-refractivity contribution in [3.05, 3.63) is 29.8 Å². The Morgan fingerprint density at radius 2 is 1.87 bits per heavy atom. The predicted molar refractivity (Wildman–Crippen MR) is 81.9 cm³/mol. The van der Waals surface area contributed by atoms with Gasteiger partial charge in [-0.15, -0.1) is 0 Å². The minimum Gasteiger partial charge on any atom is -0.399 e. The zero-order valence-corrected chi connectivity index (χ0v) is 12.7. The van der Waals surface area contributed by atoms with E-state index in [2.05, 4.69) is 10.6 Å². The average molecular weight is 330 g/mol. The molecule has 1 saturated heterocycles. The monoisotopic (exact) mass is 330 g/mol. The molecule has 0 aliphatic carbocycles. The van der Waals surface area contributed by atoms with Gasteiger partial charge < -0.3 is 16.4 Å². The Morgan fingerprint density at radius 3 is 2.43 bits per heavy atom. The van der Waals surface area contributed by atoms with E-state index in [4.69, 9.17) is 5.73 Å². The molecule has 4 N–H and O–H groups in total. The molecule has 0 spiro atoms. The standard InChI is InChI=1S/C15H21F3N4O/c16-15(17,18)13(22-7-5-20-6-8-22)10-21-14(23)9-11-1-3-12(19)4-2-11/h1-4,13,20H,5-10,19H2,(H,21,23). The second kappa shape index (κ2) is 7.65. The quantitative estimate of drug-likeness (QED) is 0.697. The van der Waals surface area contributed by atoms with Gasteiger partial charge in [0.05, 0.1) is 6.42 Å². The van der Waals surface area contributed by atoms with Gasteiger partial charge in [-0.1, -0.05) is 12.1 Å². The van der Waals surface area contributed by atoms with Gasteiger partial charge in [0.25, 0.3) is 0 Å². The normalized spacial score (nSPS) is 17.7. The SMILES string of the molecule is Nc1ccc(CC(=O)NCC(N2CCNCC2)C(F)(F)F)cc1. The van der Waals surface area contributed by atoms with Crippen LogP contribution in [0.15, 0.2) is 24.3 Å². The molecule has 1 atom stereocenters. The Morgan fingerprint density at radius 1 is 1.26 bits per heavy atom. The molecule has 128 valence electrons. The number of alkyl halides is 3. The molecule has 1 aromatic carbocycles. The van der Waals surface area contributed by atoms with Crippen LogP contribution in [0.25, 0.3) is 0 Å². The maximum absolute atomic E-state index is 13.2. The van der Waals surface area contributed by atoms with Gasteiger partial charge in [0.2, 0.25) is 5.91 Å². The van der Waals surface area contributed by atoms with Crippen LogP contribution >= 0.6 is 0 Å². The van der Waals surface area contributed by atoms with Crippen molar-refractivity contribution < 1.29 is 18.0 Å². The molecule has 1 fully saturated rings. The molecule has 0 bridgehead atoms. The van der Waals surface area contributed by atoms with Crippen LogP contribution in [-0.2, 0) is 11.2 Å². The van der Waals surface area contributed by atoms with Crippen LogP contribution in [-0.4, -0.2) is 55.7 Å². The van der Waals surface area contributed by atoms with Crippen molar-refractivity contribution in [2.75, 3.05) is 38.5 Å². The predicted octanol–water partition coefficient (Wildman–Crippen LogP) is 0.764. The first-order valence-corrected chi connectivity index (χ1v) is 7.49. The lowest BCUT2D eigenvalue weighted by Gasteiger charge is -2.35. The van der Waals surface area contributed by atoms with E-state index >= 15 is 0 Å². The van der Waals surface area contributed by atoms with Crippen molar-refractivity contribution in [1.29, 1.82) is 0 Å². The zero-order valence-electron chi connectivity index (χ0n) is 12.7. The van der Waals surface area contributed by atoms with E-state index in [1.54, 1.807) is 24.3 Å². The molecule has 2 rings (SSSR count). The molecule has 0 radical (unpaired) electrons. The van der Waals surface area contributed by atoms with Crippen LogP contribution in [0.2, 0.25) is 0 Å². The number of hydrogen-bond acceptors (Lipinski definition) is 4. The van der Waals surface area contributed by atoms with Crippen LogP contribution in [0.4, 0.5) is 18.9 Å². The molecule has 1 aromatic rings. The number of nitrogens with two attached hydrogens (primary N) is 1. The summed E-state index contributed by atoms with van der Waals surface area (Å²) in [5, 5.41) is 5.41. The number of benzene rings is 1. The van der Waals surface area contributed by atoms with Crippen LogP contribution in [0.5, 0.6) is 0 Å². The number of amides is 1. The third-order valence-corrected chi connectivity index (χ3v) is 3.81. The van der Waals surface area contributed by atoms with Gasteiger partial charge in [-0.25, -0.2) is 0 Å². The largest absolute Gasteiger partial charge is 0.405 e. The number of nitrogen functional groups attached to an aromatic ring is 1. The summed E-state index contributed by atoms with van der Waals surface area (Å²) in [5.74, 6) is -0.431.